The Balaban J connectivity index is 2.74. The van der Waals surface area contributed by atoms with Crippen LogP contribution in [0.25, 0.3) is 0 Å². The van der Waals surface area contributed by atoms with Crippen LogP contribution in [-0.4, -0.2) is 28.4 Å². The first-order chi connectivity index (χ1) is 8.96. The Hall–Kier alpha value is -1.23. The van der Waals surface area contributed by atoms with Gasteiger partial charge >= 0.3 is 0 Å². The van der Waals surface area contributed by atoms with Crippen molar-refractivity contribution in [3.63, 3.8) is 0 Å². The molecule has 4 nitrogen and oxygen atoms in total. The highest BCUT2D eigenvalue weighted by Gasteiger charge is 2.25. The Morgan fingerprint density at radius 2 is 2.05 bits per heavy atom. The molecule has 0 fully saturated rings. The number of carbonyl (C=O) groups is 1. The molecular weight excluding hydrogens is 258 g/mol. The van der Waals surface area contributed by atoms with Crippen molar-refractivity contribution in [1.29, 1.82) is 0 Å². The van der Waals surface area contributed by atoms with Gasteiger partial charge in [0.25, 0.3) is 5.91 Å². The number of aromatic nitrogens is 1. The van der Waals surface area contributed by atoms with Crippen molar-refractivity contribution in [2.45, 2.75) is 38.4 Å². The van der Waals surface area contributed by atoms with Crippen LogP contribution in [0.1, 0.15) is 42.7 Å². The average Bonchev–Trinajstić information content (AvgIpc) is 2.39. The molecule has 0 aromatic carbocycles. The number of thioether (sulfide) groups is 1. The van der Waals surface area contributed by atoms with Gasteiger partial charge in [-0.3, -0.25) is 4.79 Å². The molecule has 5 heteroatoms. The standard InChI is InChI=1S/C14H23N3OS/c1-5-14(6-2,19-4)9-16-13(18)11-7-10(3)17-12(15)8-11/h7-8H,5-6,9H2,1-4H3,(H2,15,17)(H,16,18). The Bertz CT molecular complexity index is 416. The van der Waals surface area contributed by atoms with Gasteiger partial charge < -0.3 is 11.1 Å². The summed E-state index contributed by atoms with van der Waals surface area (Å²) >= 11 is 1.81. The van der Waals surface area contributed by atoms with E-state index in [1.54, 1.807) is 12.1 Å². The smallest absolute Gasteiger partial charge is 0.251 e. The van der Waals surface area contributed by atoms with Crippen LogP contribution in [0.4, 0.5) is 5.82 Å². The third-order valence-electron chi connectivity index (χ3n) is 3.53. The van der Waals surface area contributed by atoms with E-state index >= 15 is 0 Å². The van der Waals surface area contributed by atoms with Crippen LogP contribution in [0.3, 0.4) is 0 Å². The number of amides is 1. The lowest BCUT2D eigenvalue weighted by atomic mass is 10.0. The van der Waals surface area contributed by atoms with E-state index in [1.807, 2.05) is 18.7 Å². The molecule has 19 heavy (non-hydrogen) atoms. The third kappa shape index (κ3) is 4.13. The number of nitrogens with two attached hydrogens (primary N) is 1. The summed E-state index contributed by atoms with van der Waals surface area (Å²) in [6.45, 7) is 6.81. The van der Waals surface area contributed by atoms with Gasteiger partial charge in [0.05, 0.1) is 0 Å². The minimum Gasteiger partial charge on any atom is -0.384 e. The third-order valence-corrected chi connectivity index (χ3v) is 5.12. The van der Waals surface area contributed by atoms with E-state index in [-0.39, 0.29) is 10.7 Å². The number of nitrogen functional groups attached to an aromatic ring is 1. The van der Waals surface area contributed by atoms with Gasteiger partial charge in [0.2, 0.25) is 0 Å². The van der Waals surface area contributed by atoms with Crippen molar-refractivity contribution >= 4 is 23.5 Å². The minimum absolute atomic E-state index is 0.0856. The summed E-state index contributed by atoms with van der Waals surface area (Å²) in [4.78, 5) is 16.2. The Morgan fingerprint density at radius 3 is 2.53 bits per heavy atom. The molecule has 1 heterocycles. The van der Waals surface area contributed by atoms with Gasteiger partial charge in [-0.15, -0.1) is 0 Å². The van der Waals surface area contributed by atoms with Crippen LogP contribution in [0, 0.1) is 6.92 Å². The van der Waals surface area contributed by atoms with Gasteiger partial charge in [-0.1, -0.05) is 13.8 Å². The fourth-order valence-corrected chi connectivity index (χ4v) is 2.82. The van der Waals surface area contributed by atoms with Crippen LogP contribution >= 0.6 is 11.8 Å². The predicted molar refractivity (Wildman–Crippen MR) is 82.5 cm³/mol. The average molecular weight is 281 g/mol. The molecule has 0 saturated heterocycles. The largest absolute Gasteiger partial charge is 0.384 e. The summed E-state index contributed by atoms with van der Waals surface area (Å²) in [7, 11) is 0. The van der Waals surface area contributed by atoms with E-state index in [1.165, 1.54) is 0 Å². The fraction of sp³-hybridized carbons (Fsp3) is 0.571. The summed E-state index contributed by atoms with van der Waals surface area (Å²) < 4.78 is 0.114. The topological polar surface area (TPSA) is 68.0 Å². The van der Waals surface area contributed by atoms with Crippen LogP contribution in [0.5, 0.6) is 0 Å². The Kier molecular flexibility index (Phi) is 5.66. The fourth-order valence-electron chi connectivity index (χ4n) is 2.03. The molecule has 1 aromatic rings. The van der Waals surface area contributed by atoms with E-state index in [2.05, 4.69) is 30.4 Å². The molecule has 0 radical (unpaired) electrons. The van der Waals surface area contributed by atoms with Gasteiger partial charge in [0, 0.05) is 22.5 Å². The maximum atomic E-state index is 12.1. The number of carbonyl (C=O) groups excluding carboxylic acids is 1. The zero-order valence-corrected chi connectivity index (χ0v) is 12.9. The van der Waals surface area contributed by atoms with Crippen molar-refractivity contribution in [3.8, 4) is 0 Å². The summed E-state index contributed by atoms with van der Waals surface area (Å²) in [5.74, 6) is 0.296. The van der Waals surface area contributed by atoms with Crippen molar-refractivity contribution in [2.24, 2.45) is 0 Å². The SMILES string of the molecule is CCC(CC)(CNC(=O)c1cc(C)nc(N)c1)SC. The van der Waals surface area contributed by atoms with E-state index in [0.717, 1.165) is 18.5 Å². The van der Waals surface area contributed by atoms with Gasteiger partial charge in [-0.05, 0) is 38.2 Å². The van der Waals surface area contributed by atoms with Crippen LogP contribution < -0.4 is 11.1 Å². The molecule has 0 bridgehead atoms. The van der Waals surface area contributed by atoms with Gasteiger partial charge in [-0.2, -0.15) is 11.8 Å². The quantitative estimate of drug-likeness (QED) is 0.841. The minimum atomic E-state index is -0.0856. The summed E-state index contributed by atoms with van der Waals surface area (Å²) in [5.41, 5.74) is 7.00. The van der Waals surface area contributed by atoms with E-state index < -0.39 is 0 Å². The monoisotopic (exact) mass is 281 g/mol. The number of nitrogens with zero attached hydrogens (tertiary/aromatic N) is 1. The first-order valence-electron chi connectivity index (χ1n) is 6.54. The second-order valence-corrected chi connectivity index (χ2v) is 5.97. The summed E-state index contributed by atoms with van der Waals surface area (Å²) in [5, 5.41) is 3.00. The maximum absolute atomic E-state index is 12.1. The number of hydrogen-bond acceptors (Lipinski definition) is 4. The first kappa shape index (κ1) is 15.8. The second-order valence-electron chi connectivity index (χ2n) is 4.70. The number of hydrogen-bond donors (Lipinski definition) is 2. The maximum Gasteiger partial charge on any atom is 0.251 e. The molecule has 1 aromatic heterocycles. The lowest BCUT2D eigenvalue weighted by molar-refractivity contribution is 0.0948. The second kappa shape index (κ2) is 6.80. The summed E-state index contributed by atoms with van der Waals surface area (Å²) in [6.07, 6.45) is 4.15. The normalized spacial score (nSPS) is 11.4. The van der Waals surface area contributed by atoms with E-state index in [4.69, 9.17) is 5.73 Å². The zero-order valence-electron chi connectivity index (χ0n) is 12.1. The van der Waals surface area contributed by atoms with Crippen molar-refractivity contribution in [1.82, 2.24) is 10.3 Å². The molecule has 0 aliphatic carbocycles. The Morgan fingerprint density at radius 1 is 1.42 bits per heavy atom. The van der Waals surface area contributed by atoms with E-state index in [0.29, 0.717) is 17.9 Å². The highest BCUT2D eigenvalue weighted by molar-refractivity contribution is 8.00. The lowest BCUT2D eigenvalue weighted by Crippen LogP contribution is -2.39. The van der Waals surface area contributed by atoms with Crippen LogP contribution in [0.15, 0.2) is 12.1 Å². The molecule has 0 aliphatic heterocycles. The molecular formula is C14H23N3OS. The molecule has 1 amide bonds. The molecule has 106 valence electrons. The van der Waals surface area contributed by atoms with E-state index in [9.17, 15) is 4.79 Å². The van der Waals surface area contributed by atoms with Gasteiger partial charge in [0.1, 0.15) is 5.82 Å². The first-order valence-corrected chi connectivity index (χ1v) is 7.76. The number of aryl methyl sites for hydroxylation is 1. The highest BCUT2D eigenvalue weighted by Crippen LogP contribution is 2.29. The predicted octanol–water partition coefficient (Wildman–Crippen LogP) is 2.62. The van der Waals surface area contributed by atoms with Crippen molar-refractivity contribution in [2.75, 3.05) is 18.5 Å². The van der Waals surface area contributed by atoms with Crippen LogP contribution in [-0.2, 0) is 0 Å². The number of pyridine rings is 1. The lowest BCUT2D eigenvalue weighted by Gasteiger charge is -2.29. The number of nitrogens with one attached hydrogen (secondary N) is 1. The van der Waals surface area contributed by atoms with Crippen molar-refractivity contribution < 1.29 is 4.79 Å². The zero-order chi connectivity index (χ0) is 14.5. The van der Waals surface area contributed by atoms with Gasteiger partial charge in [-0.25, -0.2) is 4.98 Å². The Labute approximate surface area is 119 Å². The molecule has 0 atom stereocenters. The molecule has 0 spiro atoms. The van der Waals surface area contributed by atoms with Gasteiger partial charge in [0.15, 0.2) is 0 Å². The molecule has 0 saturated carbocycles. The molecule has 0 aliphatic rings. The van der Waals surface area contributed by atoms with Crippen molar-refractivity contribution in [3.05, 3.63) is 23.4 Å². The molecule has 0 unspecified atom stereocenters. The number of rotatable bonds is 6. The molecule has 3 N–H and O–H groups in total. The highest BCUT2D eigenvalue weighted by atomic mass is 32.2. The summed E-state index contributed by atoms with van der Waals surface area (Å²) in [6, 6.07) is 3.37. The molecule has 1 rings (SSSR count). The van der Waals surface area contributed by atoms with Crippen LogP contribution in [0.2, 0.25) is 0 Å². The number of anilines is 1.